The molecule has 10 heavy (non-hydrogen) atoms. The highest BCUT2D eigenvalue weighted by Crippen LogP contribution is 1.64. The van der Waals surface area contributed by atoms with Gasteiger partial charge in [-0.15, -0.1) is 0 Å². The lowest BCUT2D eigenvalue weighted by molar-refractivity contribution is 1.48. The Kier molecular flexibility index (Phi) is 18.3. The van der Waals surface area contributed by atoms with Gasteiger partial charge in [-0.3, -0.25) is 4.99 Å². The van der Waals surface area contributed by atoms with Crippen molar-refractivity contribution in [3.8, 4) is 0 Å². The maximum Gasteiger partial charge on any atom is 0.0277 e. The predicted octanol–water partition coefficient (Wildman–Crippen LogP) is 2.62. The van der Waals surface area contributed by atoms with Crippen molar-refractivity contribution in [3.05, 3.63) is 37.5 Å². The second kappa shape index (κ2) is 15.7. The van der Waals surface area contributed by atoms with Crippen molar-refractivity contribution in [1.82, 2.24) is 0 Å². The average molecular weight is 137 g/mol. The Balaban J connectivity index is 0. The zero-order chi connectivity index (χ0) is 8.24. The zero-order valence-corrected chi connectivity index (χ0v) is 6.75. The first-order chi connectivity index (χ1) is 4.83. The van der Waals surface area contributed by atoms with Gasteiger partial charge >= 0.3 is 0 Å². The zero-order valence-electron chi connectivity index (χ0n) is 6.75. The van der Waals surface area contributed by atoms with Gasteiger partial charge in [0.2, 0.25) is 0 Å². The number of rotatable bonds is 2. The largest absolute Gasteiger partial charge is 0.297 e. The smallest absolute Gasteiger partial charge is 0.0277 e. The molecule has 0 aromatic heterocycles. The lowest BCUT2D eigenvalue weighted by atomic mass is 10.5. The summed E-state index contributed by atoms with van der Waals surface area (Å²) in [5.74, 6) is 0. The van der Waals surface area contributed by atoms with Crippen LogP contribution in [0.15, 0.2) is 42.5 Å². The fraction of sp³-hybridized carbons (Fsp3) is 0.222. The van der Waals surface area contributed by atoms with Gasteiger partial charge in [-0.05, 0) is 6.92 Å². The monoisotopic (exact) mass is 137 g/mol. The van der Waals surface area contributed by atoms with Crippen LogP contribution in [0, 0.1) is 0 Å². The highest BCUT2D eigenvalue weighted by molar-refractivity contribution is 5.69. The first kappa shape index (κ1) is 11.7. The Bertz CT molecular complexity index is 105. The molecule has 56 valence electrons. The summed E-state index contributed by atoms with van der Waals surface area (Å²) in [6, 6.07) is 0. The maximum absolute atomic E-state index is 3.61. The van der Waals surface area contributed by atoms with E-state index >= 15 is 0 Å². The summed E-state index contributed by atoms with van der Waals surface area (Å²) in [4.78, 5) is 3.61. The highest BCUT2D eigenvalue weighted by atomic mass is 14.6. The van der Waals surface area contributed by atoms with Crippen LogP contribution in [0.5, 0.6) is 0 Å². The second-order valence-electron chi connectivity index (χ2n) is 1.40. The maximum atomic E-state index is 3.61. The summed E-state index contributed by atoms with van der Waals surface area (Å²) in [5, 5.41) is 0. The molecular formula is C9H15N. The first-order valence-electron chi connectivity index (χ1n) is 3.10. The summed E-state index contributed by atoms with van der Waals surface area (Å²) < 4.78 is 0. The molecule has 0 aliphatic heterocycles. The van der Waals surface area contributed by atoms with Crippen LogP contribution >= 0.6 is 0 Å². The molecule has 0 atom stereocenters. The van der Waals surface area contributed by atoms with Gasteiger partial charge in [0.25, 0.3) is 0 Å². The number of aliphatic imine (C=N–C) groups is 1. The van der Waals surface area contributed by atoms with E-state index in [1.165, 1.54) is 0 Å². The summed E-state index contributed by atoms with van der Waals surface area (Å²) in [6.07, 6.45) is 8.85. The van der Waals surface area contributed by atoms with E-state index in [2.05, 4.69) is 18.2 Å². The van der Waals surface area contributed by atoms with E-state index in [1.54, 1.807) is 25.4 Å². The van der Waals surface area contributed by atoms with E-state index in [0.717, 1.165) is 0 Å². The molecule has 0 saturated carbocycles. The second-order valence-corrected chi connectivity index (χ2v) is 1.40. The van der Waals surface area contributed by atoms with Crippen LogP contribution < -0.4 is 0 Å². The molecule has 0 unspecified atom stereocenters. The van der Waals surface area contributed by atoms with Crippen molar-refractivity contribution in [2.24, 2.45) is 4.99 Å². The average Bonchev–Trinajstić information content (AvgIpc) is 1.93. The molecular weight excluding hydrogens is 122 g/mol. The molecule has 0 N–H and O–H groups in total. The normalized spacial score (nSPS) is 9.00. The van der Waals surface area contributed by atoms with Crippen molar-refractivity contribution < 1.29 is 0 Å². The van der Waals surface area contributed by atoms with Gasteiger partial charge in [-0.25, -0.2) is 0 Å². The molecule has 0 fully saturated rings. The third-order valence-electron chi connectivity index (χ3n) is 0.583. The van der Waals surface area contributed by atoms with Gasteiger partial charge in [0.05, 0.1) is 0 Å². The lowest BCUT2D eigenvalue weighted by Gasteiger charge is -1.58. The van der Waals surface area contributed by atoms with Crippen molar-refractivity contribution in [1.29, 1.82) is 0 Å². The molecule has 1 nitrogen and oxygen atoms in total. The topological polar surface area (TPSA) is 12.4 Å². The minimum absolute atomic E-state index is 1.64. The van der Waals surface area contributed by atoms with Crippen LogP contribution in [0.3, 0.4) is 0 Å². The van der Waals surface area contributed by atoms with Crippen LogP contribution in [-0.2, 0) is 0 Å². The van der Waals surface area contributed by atoms with E-state index < -0.39 is 0 Å². The Morgan fingerprint density at radius 3 is 1.80 bits per heavy atom. The van der Waals surface area contributed by atoms with Crippen LogP contribution in [0.4, 0.5) is 0 Å². The van der Waals surface area contributed by atoms with E-state index in [0.29, 0.717) is 0 Å². The SMILES string of the molecule is C=C/C=C\C.C=CC=NC. The van der Waals surface area contributed by atoms with Crippen molar-refractivity contribution in [3.63, 3.8) is 0 Å². The molecule has 0 bridgehead atoms. The van der Waals surface area contributed by atoms with Crippen molar-refractivity contribution in [2.75, 3.05) is 7.05 Å². The lowest BCUT2D eigenvalue weighted by Crippen LogP contribution is -1.53. The summed E-state index contributed by atoms with van der Waals surface area (Å²) >= 11 is 0. The Morgan fingerprint density at radius 1 is 1.20 bits per heavy atom. The van der Waals surface area contributed by atoms with Crippen LogP contribution in [0.1, 0.15) is 6.92 Å². The van der Waals surface area contributed by atoms with Gasteiger partial charge in [0, 0.05) is 13.3 Å². The van der Waals surface area contributed by atoms with Gasteiger partial charge in [0.1, 0.15) is 0 Å². The number of allylic oxidation sites excluding steroid dienone is 4. The molecule has 0 amide bonds. The summed E-state index contributed by atoms with van der Waals surface area (Å²) in [5.41, 5.74) is 0. The Morgan fingerprint density at radius 2 is 1.80 bits per heavy atom. The Hall–Kier alpha value is -1.11. The first-order valence-corrected chi connectivity index (χ1v) is 3.10. The molecule has 0 heterocycles. The van der Waals surface area contributed by atoms with E-state index in [9.17, 15) is 0 Å². The highest BCUT2D eigenvalue weighted by Gasteiger charge is 1.42. The molecule has 0 aromatic carbocycles. The standard InChI is InChI=1S/C5H8.C4H7N/c1-3-5-4-2;1-3-4-5-2/h3-5H,1H2,2H3;3-4H,1H2,2H3/b5-4-;. The van der Waals surface area contributed by atoms with Crippen molar-refractivity contribution >= 4 is 6.21 Å². The van der Waals surface area contributed by atoms with E-state index in [-0.39, 0.29) is 0 Å². The molecule has 0 saturated heterocycles. The van der Waals surface area contributed by atoms with Crippen LogP contribution in [-0.4, -0.2) is 13.3 Å². The minimum Gasteiger partial charge on any atom is -0.297 e. The fourth-order valence-corrected chi connectivity index (χ4v) is 0.241. The minimum atomic E-state index is 1.64. The quantitative estimate of drug-likeness (QED) is 0.410. The molecule has 0 radical (unpaired) electrons. The van der Waals surface area contributed by atoms with Gasteiger partial charge < -0.3 is 0 Å². The molecule has 0 aliphatic rings. The number of nitrogens with zero attached hydrogens (tertiary/aromatic N) is 1. The summed E-state index contributed by atoms with van der Waals surface area (Å²) in [7, 11) is 1.71. The van der Waals surface area contributed by atoms with E-state index in [4.69, 9.17) is 0 Å². The van der Waals surface area contributed by atoms with Crippen molar-refractivity contribution in [2.45, 2.75) is 6.92 Å². The fourth-order valence-electron chi connectivity index (χ4n) is 0.241. The third kappa shape index (κ3) is 28.6. The molecule has 0 spiro atoms. The molecule has 0 aromatic rings. The van der Waals surface area contributed by atoms with Gasteiger partial charge in [0.15, 0.2) is 0 Å². The third-order valence-corrected chi connectivity index (χ3v) is 0.583. The predicted molar refractivity (Wildman–Crippen MR) is 49.6 cm³/mol. The van der Waals surface area contributed by atoms with Gasteiger partial charge in [-0.2, -0.15) is 0 Å². The Labute approximate surface area is 63.5 Å². The molecule has 0 aliphatic carbocycles. The summed E-state index contributed by atoms with van der Waals surface area (Å²) in [6.45, 7) is 8.82. The van der Waals surface area contributed by atoms with E-state index in [1.807, 2.05) is 19.1 Å². The van der Waals surface area contributed by atoms with Crippen LogP contribution in [0.25, 0.3) is 0 Å². The molecule has 1 heteroatoms. The number of hydrogen-bond acceptors (Lipinski definition) is 1. The van der Waals surface area contributed by atoms with Gasteiger partial charge in [-0.1, -0.05) is 37.5 Å². The number of hydrogen-bond donors (Lipinski definition) is 0. The van der Waals surface area contributed by atoms with Crippen LogP contribution in [0.2, 0.25) is 0 Å². The molecule has 0 rings (SSSR count).